The van der Waals surface area contributed by atoms with Crippen molar-refractivity contribution >= 4 is 23.1 Å². The first-order valence-electron chi connectivity index (χ1n) is 14.1. The Balaban J connectivity index is 1.16. The number of nitriles is 1. The van der Waals surface area contributed by atoms with Gasteiger partial charge >= 0.3 is 0 Å². The molecule has 2 aliphatic heterocycles. The molecule has 216 valence electrons. The Labute approximate surface area is 244 Å². The van der Waals surface area contributed by atoms with E-state index in [9.17, 15) is 4.79 Å². The number of aromatic nitrogens is 4. The summed E-state index contributed by atoms with van der Waals surface area (Å²) < 4.78 is 14.0. The molecule has 4 aromatic heterocycles. The van der Waals surface area contributed by atoms with Crippen LogP contribution >= 0.6 is 0 Å². The van der Waals surface area contributed by atoms with Crippen LogP contribution in [0.3, 0.4) is 0 Å². The van der Waals surface area contributed by atoms with Crippen molar-refractivity contribution in [3.63, 3.8) is 0 Å². The molecule has 2 aliphatic rings. The largest absolute Gasteiger partial charge is 0.488 e. The first kappa shape index (κ1) is 27.6. The average molecular weight is 567 g/mol. The Hall–Kier alpha value is -4.53. The highest BCUT2D eigenvalue weighted by atomic mass is 16.5. The lowest BCUT2D eigenvalue weighted by Gasteiger charge is -2.40. The number of hydrogen-bond acceptors (Lipinski definition) is 9. The fourth-order valence-electron chi connectivity index (χ4n) is 5.33. The predicted octanol–water partition coefficient (Wildman–Crippen LogP) is 4.02. The van der Waals surface area contributed by atoms with Gasteiger partial charge in [0.05, 0.1) is 42.0 Å². The number of nitrogens with one attached hydrogen (secondary N) is 3. The van der Waals surface area contributed by atoms with Crippen LogP contribution in [0.4, 0.5) is 11.6 Å². The summed E-state index contributed by atoms with van der Waals surface area (Å²) in [4.78, 5) is 21.3. The maximum Gasteiger partial charge on any atom is 0.252 e. The Bertz CT molecular complexity index is 1630. The van der Waals surface area contributed by atoms with Gasteiger partial charge in [0, 0.05) is 61.2 Å². The molecule has 2 saturated heterocycles. The third kappa shape index (κ3) is 6.20. The second kappa shape index (κ2) is 11.4. The van der Waals surface area contributed by atoms with Crippen molar-refractivity contribution in [2.45, 2.75) is 51.8 Å². The minimum Gasteiger partial charge on any atom is -0.488 e. The molecule has 0 spiro atoms. The third-order valence-electron chi connectivity index (χ3n) is 7.55. The molecule has 2 bridgehead atoms. The average Bonchev–Trinajstić information content (AvgIpc) is 3.38. The number of anilines is 2. The highest BCUT2D eigenvalue weighted by Gasteiger charge is 2.33. The first-order valence-corrected chi connectivity index (χ1v) is 14.1. The number of hydrogen-bond donors (Lipinski definition) is 3. The summed E-state index contributed by atoms with van der Waals surface area (Å²) in [5.41, 5.74) is 3.61. The van der Waals surface area contributed by atoms with Crippen LogP contribution in [0.1, 0.15) is 42.7 Å². The van der Waals surface area contributed by atoms with Crippen LogP contribution in [-0.4, -0.2) is 63.4 Å². The number of carbonyl (C=O) groups is 1. The van der Waals surface area contributed by atoms with Crippen LogP contribution in [-0.2, 0) is 4.74 Å². The van der Waals surface area contributed by atoms with Crippen LogP contribution in [0.25, 0.3) is 16.6 Å². The van der Waals surface area contributed by atoms with Gasteiger partial charge in [0.15, 0.2) is 5.82 Å². The van der Waals surface area contributed by atoms with E-state index < -0.39 is 5.41 Å². The number of fused-ring (bicyclic) bond motifs is 3. The van der Waals surface area contributed by atoms with E-state index in [1.54, 1.807) is 30.5 Å². The van der Waals surface area contributed by atoms with E-state index in [0.717, 1.165) is 54.1 Å². The molecule has 0 radical (unpaired) electrons. The van der Waals surface area contributed by atoms with Gasteiger partial charge in [-0.05, 0) is 56.7 Å². The van der Waals surface area contributed by atoms with Gasteiger partial charge in [-0.15, -0.1) is 0 Å². The van der Waals surface area contributed by atoms with Crippen LogP contribution in [0, 0.1) is 23.7 Å². The summed E-state index contributed by atoms with van der Waals surface area (Å²) >= 11 is 0. The summed E-state index contributed by atoms with van der Waals surface area (Å²) in [6, 6.07) is 14.3. The van der Waals surface area contributed by atoms with Crippen molar-refractivity contribution in [1.82, 2.24) is 30.2 Å². The molecule has 4 aromatic rings. The summed E-state index contributed by atoms with van der Waals surface area (Å²) in [6.07, 6.45) is 7.16. The lowest BCUT2D eigenvalue weighted by molar-refractivity contribution is -0.0122. The topological polar surface area (TPSA) is 138 Å². The SMILES string of the molecule is Cc1cc(-c2ccn3nc(Nc4ccc(C(=O)NCC(C)(C)C#N)cn4)cc3c2)c(OC2C[C@H]3COC[C@@H](C2)N3)cn1. The molecule has 42 heavy (non-hydrogen) atoms. The minimum atomic E-state index is -0.638. The normalized spacial score (nSPS) is 20.1. The molecule has 6 heterocycles. The van der Waals surface area contributed by atoms with Gasteiger partial charge in [-0.1, -0.05) is 0 Å². The number of nitrogens with zero attached hydrogens (tertiary/aromatic N) is 5. The maximum absolute atomic E-state index is 12.4. The van der Waals surface area contributed by atoms with E-state index in [-0.39, 0.29) is 18.6 Å². The molecule has 3 atom stereocenters. The lowest BCUT2D eigenvalue weighted by atomic mass is 9.94. The van der Waals surface area contributed by atoms with Gasteiger partial charge in [-0.2, -0.15) is 10.4 Å². The predicted molar refractivity (Wildman–Crippen MR) is 158 cm³/mol. The van der Waals surface area contributed by atoms with Crippen LogP contribution < -0.4 is 20.7 Å². The quantitative estimate of drug-likeness (QED) is 0.289. The Kier molecular flexibility index (Phi) is 7.49. The van der Waals surface area contributed by atoms with Crippen molar-refractivity contribution in [2.75, 3.05) is 25.1 Å². The molecule has 6 rings (SSSR count). The van der Waals surface area contributed by atoms with E-state index in [2.05, 4.69) is 49.2 Å². The first-order chi connectivity index (χ1) is 20.2. The molecule has 11 heteroatoms. The van der Waals surface area contributed by atoms with Gasteiger partial charge < -0.3 is 25.4 Å². The number of piperidine rings is 1. The molecule has 1 amide bonds. The van der Waals surface area contributed by atoms with Crippen LogP contribution in [0.15, 0.2) is 55.0 Å². The van der Waals surface area contributed by atoms with E-state index >= 15 is 0 Å². The highest BCUT2D eigenvalue weighted by molar-refractivity contribution is 5.94. The van der Waals surface area contributed by atoms with Gasteiger partial charge in [-0.3, -0.25) is 9.78 Å². The van der Waals surface area contributed by atoms with Crippen LogP contribution in [0.2, 0.25) is 0 Å². The summed E-state index contributed by atoms with van der Waals surface area (Å²) in [5.74, 6) is 1.69. The smallest absolute Gasteiger partial charge is 0.252 e. The lowest BCUT2D eigenvalue weighted by Crippen LogP contribution is -2.56. The zero-order chi connectivity index (χ0) is 29.3. The van der Waals surface area contributed by atoms with Crippen molar-refractivity contribution in [2.24, 2.45) is 5.41 Å². The Morgan fingerprint density at radius 1 is 1.14 bits per heavy atom. The summed E-state index contributed by atoms with van der Waals surface area (Å²) in [6.45, 7) is 7.23. The number of aryl methyl sites for hydroxylation is 1. The standard InChI is InChI=1S/C31H34N8O3/c1-19-8-26(27(14-33-19)42-25-10-22-15-41-16-23(11-25)36-22)20-6-7-39-24(9-20)12-29(38-39)37-28-5-4-21(13-34-28)30(40)35-18-31(2,3)17-32/h4-9,12-14,22-23,25,36H,10-11,15-16,18H2,1-3H3,(H,35,40)(H,34,37,38)/t22-,23+,25?. The number of amides is 1. The Morgan fingerprint density at radius 2 is 1.95 bits per heavy atom. The molecule has 0 saturated carbocycles. The van der Waals surface area contributed by atoms with Crippen molar-refractivity contribution in [1.29, 1.82) is 5.26 Å². The zero-order valence-electron chi connectivity index (χ0n) is 23.9. The zero-order valence-corrected chi connectivity index (χ0v) is 23.9. The molecule has 0 aromatic carbocycles. The van der Waals surface area contributed by atoms with Gasteiger partial charge in [0.2, 0.25) is 0 Å². The molecule has 1 unspecified atom stereocenters. The third-order valence-corrected chi connectivity index (χ3v) is 7.55. The van der Waals surface area contributed by atoms with E-state index in [1.807, 2.05) is 31.5 Å². The Morgan fingerprint density at radius 3 is 2.69 bits per heavy atom. The second-order valence-corrected chi connectivity index (χ2v) is 11.7. The maximum atomic E-state index is 12.4. The molecule has 11 nitrogen and oxygen atoms in total. The van der Waals surface area contributed by atoms with E-state index in [4.69, 9.17) is 14.7 Å². The van der Waals surface area contributed by atoms with E-state index in [0.29, 0.717) is 29.3 Å². The van der Waals surface area contributed by atoms with E-state index in [1.165, 1.54) is 6.20 Å². The molecule has 2 fully saturated rings. The number of morpholine rings is 1. The number of rotatable bonds is 8. The van der Waals surface area contributed by atoms with Gasteiger partial charge in [0.1, 0.15) is 17.7 Å². The number of pyridine rings is 3. The molecule has 3 N–H and O–H groups in total. The molecular weight excluding hydrogens is 532 g/mol. The highest BCUT2D eigenvalue weighted by Crippen LogP contribution is 2.34. The number of ether oxygens (including phenoxy) is 2. The number of carbonyl (C=O) groups excluding carboxylic acids is 1. The summed E-state index contributed by atoms with van der Waals surface area (Å²) in [5, 5.41) is 23.4. The molecular formula is C31H34N8O3. The molecule has 0 aliphatic carbocycles. The van der Waals surface area contributed by atoms with Crippen LogP contribution in [0.5, 0.6) is 5.75 Å². The fourth-order valence-corrected chi connectivity index (χ4v) is 5.33. The minimum absolute atomic E-state index is 0.109. The van der Waals surface area contributed by atoms with Gasteiger partial charge in [-0.25, -0.2) is 9.50 Å². The monoisotopic (exact) mass is 566 g/mol. The van der Waals surface area contributed by atoms with Crippen molar-refractivity contribution < 1.29 is 14.3 Å². The van der Waals surface area contributed by atoms with Crippen molar-refractivity contribution in [3.8, 4) is 22.9 Å². The van der Waals surface area contributed by atoms with Gasteiger partial charge in [0.25, 0.3) is 5.91 Å². The second-order valence-electron chi connectivity index (χ2n) is 11.7. The van der Waals surface area contributed by atoms with Crippen molar-refractivity contribution in [3.05, 3.63) is 66.2 Å². The fraction of sp³-hybridized carbons (Fsp3) is 0.387. The summed E-state index contributed by atoms with van der Waals surface area (Å²) in [7, 11) is 0.